The number of aromatic amines is 1. The fraction of sp³-hybridized carbons (Fsp3) is 0.118. The molecule has 7 heteroatoms. The average molecular weight is 407 g/mol. The molecule has 0 aliphatic carbocycles. The van der Waals surface area contributed by atoms with E-state index in [1.54, 1.807) is 18.2 Å². The van der Waals surface area contributed by atoms with Gasteiger partial charge in [0.25, 0.3) is 0 Å². The Bertz CT molecular complexity index is 1010. The molecule has 1 aromatic heterocycles. The van der Waals surface area contributed by atoms with E-state index in [0.29, 0.717) is 16.9 Å². The first-order chi connectivity index (χ1) is 11.4. The number of carbonyl (C=O) groups is 1. The molecular weight excluding hydrogens is 392 g/mol. The van der Waals surface area contributed by atoms with Crippen LogP contribution in [0.5, 0.6) is 0 Å². The molecule has 0 unspecified atom stereocenters. The van der Waals surface area contributed by atoms with E-state index in [4.69, 9.17) is 0 Å². The molecule has 5 nitrogen and oxygen atoms in total. The minimum Gasteiger partial charge on any atom is -0.340 e. The highest BCUT2D eigenvalue weighted by atomic mass is 79.9. The van der Waals surface area contributed by atoms with Gasteiger partial charge in [-0.25, -0.2) is 8.42 Å². The van der Waals surface area contributed by atoms with Crippen LogP contribution in [0, 0.1) is 0 Å². The summed E-state index contributed by atoms with van der Waals surface area (Å²) in [6.45, 7) is 0.184. The number of benzene rings is 2. The SMILES string of the molecule is CS(=O)(=O)N(Cc1ccccc1Br)c1cc2cccc(C=O)c2[nH]1. The van der Waals surface area contributed by atoms with Crippen molar-refractivity contribution < 1.29 is 13.2 Å². The van der Waals surface area contributed by atoms with Crippen molar-refractivity contribution in [2.24, 2.45) is 0 Å². The highest BCUT2D eigenvalue weighted by Gasteiger charge is 2.21. The van der Waals surface area contributed by atoms with Crippen LogP contribution in [0.1, 0.15) is 15.9 Å². The lowest BCUT2D eigenvalue weighted by Gasteiger charge is -2.21. The Hall–Kier alpha value is -2.12. The number of hydrogen-bond acceptors (Lipinski definition) is 3. The maximum atomic E-state index is 12.3. The number of halogens is 1. The van der Waals surface area contributed by atoms with Crippen LogP contribution in [-0.2, 0) is 16.6 Å². The monoisotopic (exact) mass is 406 g/mol. The maximum absolute atomic E-state index is 12.3. The van der Waals surface area contributed by atoms with Gasteiger partial charge in [-0.1, -0.05) is 46.3 Å². The molecule has 3 aromatic rings. The van der Waals surface area contributed by atoms with Crippen molar-refractivity contribution in [1.29, 1.82) is 0 Å². The van der Waals surface area contributed by atoms with E-state index in [0.717, 1.165) is 28.0 Å². The Labute approximate surface area is 148 Å². The van der Waals surface area contributed by atoms with Crippen molar-refractivity contribution in [2.45, 2.75) is 6.54 Å². The van der Waals surface area contributed by atoms with Gasteiger partial charge in [0.1, 0.15) is 5.82 Å². The van der Waals surface area contributed by atoms with Gasteiger partial charge in [0.15, 0.2) is 6.29 Å². The van der Waals surface area contributed by atoms with E-state index in [-0.39, 0.29) is 6.54 Å². The molecule has 3 rings (SSSR count). The number of hydrogen-bond donors (Lipinski definition) is 1. The van der Waals surface area contributed by atoms with E-state index < -0.39 is 10.0 Å². The fourth-order valence-electron chi connectivity index (χ4n) is 2.56. The molecule has 0 amide bonds. The minimum atomic E-state index is -3.51. The molecule has 0 radical (unpaired) electrons. The van der Waals surface area contributed by atoms with Gasteiger partial charge in [0.05, 0.1) is 18.3 Å². The van der Waals surface area contributed by atoms with E-state index in [1.807, 2.05) is 30.3 Å². The van der Waals surface area contributed by atoms with Crippen LogP contribution in [-0.4, -0.2) is 25.9 Å². The van der Waals surface area contributed by atoms with Crippen LogP contribution in [0.4, 0.5) is 5.82 Å². The zero-order chi connectivity index (χ0) is 17.3. The van der Waals surface area contributed by atoms with Crippen LogP contribution in [0.15, 0.2) is 53.0 Å². The molecule has 0 aliphatic rings. The number of sulfonamides is 1. The summed E-state index contributed by atoms with van der Waals surface area (Å²) in [6.07, 6.45) is 1.91. The lowest BCUT2D eigenvalue weighted by atomic mass is 10.2. The van der Waals surface area contributed by atoms with Crippen molar-refractivity contribution >= 4 is 49.0 Å². The van der Waals surface area contributed by atoms with Gasteiger partial charge in [-0.3, -0.25) is 9.10 Å². The van der Waals surface area contributed by atoms with Gasteiger partial charge in [-0.05, 0) is 23.8 Å². The predicted octanol–water partition coefficient (Wildman–Crippen LogP) is 3.71. The largest absolute Gasteiger partial charge is 0.340 e. The molecule has 1 heterocycles. The second kappa shape index (κ2) is 6.41. The second-order valence-electron chi connectivity index (χ2n) is 5.44. The zero-order valence-corrected chi connectivity index (χ0v) is 15.3. The molecule has 0 atom stereocenters. The molecule has 0 saturated carbocycles. The van der Waals surface area contributed by atoms with E-state index in [1.165, 1.54) is 4.31 Å². The first kappa shape index (κ1) is 16.7. The molecule has 0 bridgehead atoms. The quantitative estimate of drug-likeness (QED) is 0.656. The standard InChI is InChI=1S/C17H15BrN2O3S/c1-24(22,23)20(10-13-5-2-3-8-15(13)18)16-9-12-6-4-7-14(11-21)17(12)19-16/h2-9,11,19H,10H2,1H3. The third kappa shape index (κ3) is 3.22. The Morgan fingerprint density at radius 3 is 2.58 bits per heavy atom. The fourth-order valence-corrected chi connectivity index (χ4v) is 3.80. The molecule has 24 heavy (non-hydrogen) atoms. The average Bonchev–Trinajstić information content (AvgIpc) is 2.96. The number of para-hydroxylation sites is 1. The van der Waals surface area contributed by atoms with Crippen molar-refractivity contribution in [1.82, 2.24) is 4.98 Å². The third-order valence-electron chi connectivity index (χ3n) is 3.74. The molecule has 0 fully saturated rings. The summed E-state index contributed by atoms with van der Waals surface area (Å²) in [4.78, 5) is 14.2. The third-order valence-corrected chi connectivity index (χ3v) is 5.64. The van der Waals surface area contributed by atoms with Gasteiger partial charge >= 0.3 is 0 Å². The highest BCUT2D eigenvalue weighted by molar-refractivity contribution is 9.10. The van der Waals surface area contributed by atoms with Gasteiger partial charge < -0.3 is 4.98 Å². The Morgan fingerprint density at radius 2 is 1.92 bits per heavy atom. The van der Waals surface area contributed by atoms with Gasteiger partial charge in [-0.2, -0.15) is 0 Å². The Balaban J connectivity index is 2.11. The molecule has 2 aromatic carbocycles. The molecule has 1 N–H and O–H groups in total. The van der Waals surface area contributed by atoms with Crippen molar-refractivity contribution in [2.75, 3.05) is 10.6 Å². The number of H-pyrrole nitrogens is 1. The van der Waals surface area contributed by atoms with Crippen molar-refractivity contribution in [3.05, 3.63) is 64.1 Å². The summed E-state index contributed by atoms with van der Waals surface area (Å²) in [7, 11) is -3.51. The van der Waals surface area contributed by atoms with Gasteiger partial charge in [0, 0.05) is 15.4 Å². The number of nitrogens with zero attached hydrogens (tertiary/aromatic N) is 1. The number of nitrogens with one attached hydrogen (secondary N) is 1. The number of fused-ring (bicyclic) bond motifs is 1. The molecule has 0 spiro atoms. The van der Waals surface area contributed by atoms with E-state index in [9.17, 15) is 13.2 Å². The van der Waals surface area contributed by atoms with Gasteiger partial charge in [-0.15, -0.1) is 0 Å². The Kier molecular flexibility index (Phi) is 4.47. The molecule has 0 aliphatic heterocycles. The maximum Gasteiger partial charge on any atom is 0.233 e. The normalized spacial score (nSPS) is 11.6. The van der Waals surface area contributed by atoms with Crippen LogP contribution < -0.4 is 4.31 Å². The summed E-state index contributed by atoms with van der Waals surface area (Å²) in [5.74, 6) is 0.428. The first-order valence-electron chi connectivity index (χ1n) is 7.18. The number of aldehydes is 1. The summed E-state index contributed by atoms with van der Waals surface area (Å²) in [6, 6.07) is 14.5. The van der Waals surface area contributed by atoms with Crippen LogP contribution in [0.3, 0.4) is 0 Å². The summed E-state index contributed by atoms with van der Waals surface area (Å²) < 4.78 is 26.7. The van der Waals surface area contributed by atoms with E-state index in [2.05, 4.69) is 20.9 Å². The van der Waals surface area contributed by atoms with Crippen molar-refractivity contribution in [3.63, 3.8) is 0 Å². The first-order valence-corrected chi connectivity index (χ1v) is 9.82. The van der Waals surface area contributed by atoms with Crippen molar-refractivity contribution in [3.8, 4) is 0 Å². The summed E-state index contributed by atoms with van der Waals surface area (Å²) in [5.41, 5.74) is 1.97. The zero-order valence-electron chi connectivity index (χ0n) is 12.9. The highest BCUT2D eigenvalue weighted by Crippen LogP contribution is 2.28. The summed E-state index contributed by atoms with van der Waals surface area (Å²) >= 11 is 3.44. The minimum absolute atomic E-state index is 0.184. The number of carbonyl (C=O) groups excluding carboxylic acids is 1. The molecular formula is C17H15BrN2O3S. The Morgan fingerprint density at radius 1 is 1.17 bits per heavy atom. The smallest absolute Gasteiger partial charge is 0.233 e. The number of rotatable bonds is 5. The molecule has 124 valence electrons. The van der Waals surface area contributed by atoms with Crippen LogP contribution in [0.2, 0.25) is 0 Å². The summed E-state index contributed by atoms with van der Waals surface area (Å²) in [5, 5.41) is 0.787. The molecule has 0 saturated heterocycles. The van der Waals surface area contributed by atoms with Gasteiger partial charge in [0.2, 0.25) is 10.0 Å². The van der Waals surface area contributed by atoms with Crippen LogP contribution >= 0.6 is 15.9 Å². The van der Waals surface area contributed by atoms with E-state index >= 15 is 0 Å². The lowest BCUT2D eigenvalue weighted by molar-refractivity contribution is 0.112. The lowest BCUT2D eigenvalue weighted by Crippen LogP contribution is -2.29. The second-order valence-corrected chi connectivity index (χ2v) is 8.21. The topological polar surface area (TPSA) is 70.2 Å². The van der Waals surface area contributed by atoms with Crippen LogP contribution in [0.25, 0.3) is 10.9 Å². The number of aromatic nitrogens is 1. The predicted molar refractivity (Wildman–Crippen MR) is 98.9 cm³/mol. The number of anilines is 1.